The molecular formula is C14H23BrN2O. The van der Waals surface area contributed by atoms with Crippen molar-refractivity contribution >= 4 is 15.9 Å². The lowest BCUT2D eigenvalue weighted by Crippen LogP contribution is -2.35. The maximum Gasteiger partial charge on any atom is 0.328 e. The normalized spacial score (nSPS) is 19.0. The van der Waals surface area contributed by atoms with E-state index in [0.29, 0.717) is 5.41 Å². The Morgan fingerprint density at radius 1 is 1.22 bits per heavy atom. The summed E-state index contributed by atoms with van der Waals surface area (Å²) in [7, 11) is 0. The number of imidazole rings is 1. The highest BCUT2D eigenvalue weighted by Crippen LogP contribution is 2.39. The van der Waals surface area contributed by atoms with Crippen LogP contribution in [0.2, 0.25) is 0 Å². The number of rotatable bonds is 5. The number of nitrogens with zero attached hydrogens (tertiary/aromatic N) is 2. The topological polar surface area (TPSA) is 26.9 Å². The lowest BCUT2D eigenvalue weighted by Gasteiger charge is -2.35. The SMILES string of the molecule is CCCn1ccn(CC2(CBr)CCCCC2)c1=O. The molecule has 102 valence electrons. The second-order valence-electron chi connectivity index (χ2n) is 5.60. The average Bonchev–Trinajstić information content (AvgIpc) is 2.73. The number of aromatic nitrogens is 2. The zero-order valence-electron chi connectivity index (χ0n) is 11.2. The van der Waals surface area contributed by atoms with E-state index in [1.807, 2.05) is 21.5 Å². The van der Waals surface area contributed by atoms with Crippen LogP contribution in [0.15, 0.2) is 17.2 Å². The van der Waals surface area contributed by atoms with Gasteiger partial charge in [-0.3, -0.25) is 9.13 Å². The van der Waals surface area contributed by atoms with Crippen molar-refractivity contribution in [2.75, 3.05) is 5.33 Å². The van der Waals surface area contributed by atoms with E-state index in [2.05, 4.69) is 22.9 Å². The zero-order valence-corrected chi connectivity index (χ0v) is 12.8. The van der Waals surface area contributed by atoms with E-state index in [9.17, 15) is 4.79 Å². The molecule has 1 heterocycles. The van der Waals surface area contributed by atoms with Gasteiger partial charge in [-0.2, -0.15) is 0 Å². The van der Waals surface area contributed by atoms with Gasteiger partial charge in [0.15, 0.2) is 0 Å². The van der Waals surface area contributed by atoms with Gasteiger partial charge in [-0.05, 0) is 24.7 Å². The van der Waals surface area contributed by atoms with Crippen LogP contribution < -0.4 is 5.69 Å². The average molecular weight is 315 g/mol. The minimum atomic E-state index is 0.155. The number of halogens is 1. The molecule has 0 N–H and O–H groups in total. The third kappa shape index (κ3) is 2.90. The molecular weight excluding hydrogens is 292 g/mol. The molecule has 18 heavy (non-hydrogen) atoms. The van der Waals surface area contributed by atoms with E-state index in [1.165, 1.54) is 32.1 Å². The van der Waals surface area contributed by atoms with Gasteiger partial charge in [0.05, 0.1) is 0 Å². The Kier molecular flexibility index (Phi) is 4.71. The van der Waals surface area contributed by atoms with Gasteiger partial charge in [0.2, 0.25) is 0 Å². The van der Waals surface area contributed by atoms with E-state index in [1.54, 1.807) is 0 Å². The maximum atomic E-state index is 12.2. The van der Waals surface area contributed by atoms with Crippen molar-refractivity contribution < 1.29 is 0 Å². The molecule has 0 saturated heterocycles. The molecule has 1 saturated carbocycles. The van der Waals surface area contributed by atoms with E-state index >= 15 is 0 Å². The minimum Gasteiger partial charge on any atom is -0.299 e. The van der Waals surface area contributed by atoms with E-state index in [-0.39, 0.29) is 5.69 Å². The monoisotopic (exact) mass is 314 g/mol. The molecule has 3 nitrogen and oxygen atoms in total. The quantitative estimate of drug-likeness (QED) is 0.765. The number of hydrogen-bond acceptors (Lipinski definition) is 1. The predicted octanol–water partition coefficient (Wildman–Crippen LogP) is 3.41. The van der Waals surface area contributed by atoms with Crippen molar-refractivity contribution in [3.05, 3.63) is 22.9 Å². The lowest BCUT2D eigenvalue weighted by atomic mass is 9.75. The number of hydrogen-bond donors (Lipinski definition) is 0. The van der Waals surface area contributed by atoms with Crippen LogP contribution in [0.4, 0.5) is 0 Å². The van der Waals surface area contributed by atoms with E-state index < -0.39 is 0 Å². The first-order valence-electron chi connectivity index (χ1n) is 7.02. The first-order valence-corrected chi connectivity index (χ1v) is 8.14. The lowest BCUT2D eigenvalue weighted by molar-refractivity contribution is 0.188. The molecule has 1 aliphatic carbocycles. The van der Waals surface area contributed by atoms with Gasteiger partial charge >= 0.3 is 5.69 Å². The van der Waals surface area contributed by atoms with Crippen LogP contribution in [0.5, 0.6) is 0 Å². The molecule has 0 radical (unpaired) electrons. The third-order valence-electron chi connectivity index (χ3n) is 4.09. The molecule has 4 heteroatoms. The Hall–Kier alpha value is -0.510. The summed E-state index contributed by atoms with van der Waals surface area (Å²) in [5.41, 5.74) is 0.447. The number of aryl methyl sites for hydroxylation is 1. The van der Waals surface area contributed by atoms with Crippen LogP contribution in [0.1, 0.15) is 45.4 Å². The molecule has 0 aromatic carbocycles. The molecule has 1 fully saturated rings. The van der Waals surface area contributed by atoms with Crippen LogP contribution in [0.3, 0.4) is 0 Å². The highest BCUT2D eigenvalue weighted by molar-refractivity contribution is 9.09. The molecule has 0 aliphatic heterocycles. The molecule has 0 atom stereocenters. The standard InChI is InChI=1S/C14H23BrN2O/c1-2-8-16-9-10-17(13(16)18)12-14(11-15)6-4-3-5-7-14/h9-10H,2-8,11-12H2,1H3. The minimum absolute atomic E-state index is 0.155. The Balaban J connectivity index is 2.14. The Morgan fingerprint density at radius 2 is 1.89 bits per heavy atom. The van der Waals surface area contributed by atoms with Gasteiger partial charge in [-0.1, -0.05) is 42.1 Å². The van der Waals surface area contributed by atoms with Gasteiger partial charge in [-0.15, -0.1) is 0 Å². The Bertz CT molecular complexity index is 429. The van der Waals surface area contributed by atoms with E-state index in [4.69, 9.17) is 0 Å². The molecule has 1 aliphatic rings. The predicted molar refractivity (Wildman–Crippen MR) is 78.3 cm³/mol. The largest absolute Gasteiger partial charge is 0.328 e. The summed E-state index contributed by atoms with van der Waals surface area (Å²) in [6.07, 6.45) is 11.3. The van der Waals surface area contributed by atoms with Crippen molar-refractivity contribution in [1.29, 1.82) is 0 Å². The third-order valence-corrected chi connectivity index (χ3v) is 5.28. The van der Waals surface area contributed by atoms with Crippen LogP contribution in [0.25, 0.3) is 0 Å². The Labute approximate surface area is 117 Å². The molecule has 0 spiro atoms. The fourth-order valence-corrected chi connectivity index (χ4v) is 3.72. The number of alkyl halides is 1. The highest BCUT2D eigenvalue weighted by atomic mass is 79.9. The summed E-state index contributed by atoms with van der Waals surface area (Å²) in [6.45, 7) is 3.80. The summed E-state index contributed by atoms with van der Waals surface area (Å²) >= 11 is 3.67. The van der Waals surface area contributed by atoms with E-state index in [0.717, 1.165) is 24.8 Å². The summed E-state index contributed by atoms with van der Waals surface area (Å²) in [6, 6.07) is 0. The van der Waals surface area contributed by atoms with Crippen molar-refractivity contribution in [2.24, 2.45) is 5.41 Å². The maximum absolute atomic E-state index is 12.2. The summed E-state index contributed by atoms with van der Waals surface area (Å²) < 4.78 is 3.73. The molecule has 1 aromatic heterocycles. The smallest absolute Gasteiger partial charge is 0.299 e. The van der Waals surface area contributed by atoms with Gasteiger partial charge in [0, 0.05) is 30.8 Å². The van der Waals surface area contributed by atoms with Gasteiger partial charge in [0.25, 0.3) is 0 Å². The summed E-state index contributed by atoms with van der Waals surface area (Å²) in [5, 5.41) is 1.01. The summed E-state index contributed by atoms with van der Waals surface area (Å²) in [4.78, 5) is 12.2. The molecule has 1 aromatic rings. The fourth-order valence-electron chi connectivity index (χ4n) is 2.98. The highest BCUT2D eigenvalue weighted by Gasteiger charge is 2.31. The second-order valence-corrected chi connectivity index (χ2v) is 6.16. The first kappa shape index (κ1) is 13.9. The molecule has 2 rings (SSSR count). The second kappa shape index (κ2) is 6.09. The van der Waals surface area contributed by atoms with Crippen LogP contribution >= 0.6 is 15.9 Å². The van der Waals surface area contributed by atoms with Crippen molar-refractivity contribution in [1.82, 2.24) is 9.13 Å². The summed E-state index contributed by atoms with van der Waals surface area (Å²) in [5.74, 6) is 0. The van der Waals surface area contributed by atoms with Gasteiger partial charge < -0.3 is 0 Å². The van der Waals surface area contributed by atoms with Crippen molar-refractivity contribution in [3.63, 3.8) is 0 Å². The Morgan fingerprint density at radius 3 is 2.50 bits per heavy atom. The van der Waals surface area contributed by atoms with Gasteiger partial charge in [-0.25, -0.2) is 4.79 Å². The van der Waals surface area contributed by atoms with Crippen molar-refractivity contribution in [3.8, 4) is 0 Å². The zero-order chi connectivity index (χ0) is 13.0. The van der Waals surface area contributed by atoms with Crippen LogP contribution in [-0.2, 0) is 13.1 Å². The van der Waals surface area contributed by atoms with Crippen molar-refractivity contribution in [2.45, 2.75) is 58.5 Å². The molecule has 0 bridgehead atoms. The first-order chi connectivity index (χ1) is 8.71. The molecule has 0 amide bonds. The van der Waals surface area contributed by atoms with Crippen LogP contribution in [0, 0.1) is 5.41 Å². The van der Waals surface area contributed by atoms with Gasteiger partial charge in [0.1, 0.15) is 0 Å². The fraction of sp³-hybridized carbons (Fsp3) is 0.786. The molecule has 0 unspecified atom stereocenters. The van der Waals surface area contributed by atoms with Crippen LogP contribution in [-0.4, -0.2) is 14.5 Å².